The standard InChI is InChI=1S/C34H40N6O4.H2/c1-38-31-25(11-24(14-29(31)43-2)34(42)40-17-23-7-8-26(40)30(23)35)37-32(38)28-12-21-5-6-22(13-27(21)39(28)16-19-3-4-19)33(41)36-15-20-9-10-44-18-20;/h5-6,11-14,19-20,23,26,30H,3-4,7-10,15-18,35H2,1-2H3,(H,36,41);1H/t20?,23?,26?,30-;/m1./s1. The van der Waals surface area contributed by atoms with Gasteiger partial charge in [-0.05, 0) is 74.3 Å². The van der Waals surface area contributed by atoms with Crippen molar-refractivity contribution in [2.75, 3.05) is 33.4 Å². The molecule has 10 heteroatoms. The lowest BCUT2D eigenvalue weighted by Gasteiger charge is -2.27. The van der Waals surface area contributed by atoms with E-state index in [1.807, 2.05) is 42.3 Å². The lowest BCUT2D eigenvalue weighted by Crippen LogP contribution is -2.41. The maximum atomic E-state index is 13.7. The molecule has 2 aliphatic heterocycles. The number of piperidine rings is 1. The molecule has 2 saturated carbocycles. The number of likely N-dealkylation sites (tertiary alicyclic amines) is 1. The molecule has 3 unspecified atom stereocenters. The molecule has 4 fully saturated rings. The molecule has 2 amide bonds. The molecule has 2 aromatic heterocycles. The second kappa shape index (κ2) is 10.6. The minimum Gasteiger partial charge on any atom is -0.494 e. The van der Waals surface area contributed by atoms with Gasteiger partial charge in [0.2, 0.25) is 0 Å². The molecule has 0 radical (unpaired) electrons. The summed E-state index contributed by atoms with van der Waals surface area (Å²) < 4.78 is 15.7. The predicted molar refractivity (Wildman–Crippen MR) is 170 cm³/mol. The average Bonchev–Trinajstić information content (AvgIpc) is 3.38. The molecule has 8 rings (SSSR count). The van der Waals surface area contributed by atoms with Crippen LogP contribution in [-0.2, 0) is 18.3 Å². The summed E-state index contributed by atoms with van der Waals surface area (Å²) in [7, 11) is 3.64. The van der Waals surface area contributed by atoms with Crippen molar-refractivity contribution in [1.82, 2.24) is 24.3 Å². The van der Waals surface area contributed by atoms with Crippen LogP contribution < -0.4 is 15.8 Å². The lowest BCUT2D eigenvalue weighted by molar-refractivity contribution is 0.0700. The van der Waals surface area contributed by atoms with E-state index in [2.05, 4.69) is 20.5 Å². The highest BCUT2D eigenvalue weighted by Crippen LogP contribution is 2.40. The van der Waals surface area contributed by atoms with Crippen molar-refractivity contribution in [3.8, 4) is 17.3 Å². The van der Waals surface area contributed by atoms with E-state index in [1.54, 1.807) is 7.11 Å². The van der Waals surface area contributed by atoms with E-state index < -0.39 is 0 Å². The first kappa shape index (κ1) is 27.6. The number of imidazole rings is 1. The summed E-state index contributed by atoms with van der Waals surface area (Å²) in [6.07, 6.45) is 5.45. The van der Waals surface area contributed by atoms with Gasteiger partial charge < -0.3 is 34.6 Å². The van der Waals surface area contributed by atoms with Crippen molar-refractivity contribution in [1.29, 1.82) is 0 Å². The summed E-state index contributed by atoms with van der Waals surface area (Å²) in [6.45, 7) is 3.69. The predicted octanol–water partition coefficient (Wildman–Crippen LogP) is 4.19. The van der Waals surface area contributed by atoms with Gasteiger partial charge in [0.25, 0.3) is 11.8 Å². The van der Waals surface area contributed by atoms with Gasteiger partial charge in [-0.3, -0.25) is 9.59 Å². The smallest absolute Gasteiger partial charge is 0.254 e. The summed E-state index contributed by atoms with van der Waals surface area (Å²) >= 11 is 0. The largest absolute Gasteiger partial charge is 0.494 e. The Balaban J connectivity index is 0.00000325. The second-order valence-corrected chi connectivity index (χ2v) is 13.3. The van der Waals surface area contributed by atoms with Gasteiger partial charge in [0, 0.05) is 74.7 Å². The second-order valence-electron chi connectivity index (χ2n) is 13.3. The Hall–Kier alpha value is -3.89. The Morgan fingerprint density at radius 2 is 1.95 bits per heavy atom. The minimum absolute atomic E-state index is 0. The number of amides is 2. The molecule has 2 bridgehead atoms. The number of methoxy groups -OCH3 is 1. The quantitative estimate of drug-likeness (QED) is 0.314. The van der Waals surface area contributed by atoms with Gasteiger partial charge in [-0.15, -0.1) is 0 Å². The molecule has 4 aliphatic rings. The number of carbonyl (C=O) groups excluding carboxylic acids is 2. The first-order valence-corrected chi connectivity index (χ1v) is 16.0. The maximum Gasteiger partial charge on any atom is 0.254 e. The summed E-state index contributed by atoms with van der Waals surface area (Å²) in [5.74, 6) is 2.73. The number of benzene rings is 2. The molecule has 4 heterocycles. The van der Waals surface area contributed by atoms with E-state index in [0.717, 1.165) is 72.4 Å². The van der Waals surface area contributed by atoms with Crippen molar-refractivity contribution >= 4 is 33.8 Å². The third-order valence-electron chi connectivity index (χ3n) is 10.4. The SMILES string of the molecule is COc1cc(C(=O)N2CC3CCC2[C@@H]3N)cc2nc(-c3cc4ccc(C(=O)NCC5CCOC5)cc4n3CC3CC3)n(C)c12.[HH]. The van der Waals surface area contributed by atoms with Crippen LogP contribution >= 0.6 is 0 Å². The van der Waals surface area contributed by atoms with Crippen LogP contribution in [-0.4, -0.2) is 76.3 Å². The van der Waals surface area contributed by atoms with Gasteiger partial charge in [0.05, 0.1) is 24.9 Å². The van der Waals surface area contributed by atoms with Crippen molar-refractivity contribution in [2.45, 2.75) is 50.7 Å². The first-order valence-electron chi connectivity index (χ1n) is 16.0. The van der Waals surface area contributed by atoms with E-state index in [1.165, 1.54) is 12.8 Å². The number of nitrogens with two attached hydrogens (primary N) is 1. The van der Waals surface area contributed by atoms with Crippen LogP contribution in [0.5, 0.6) is 5.75 Å². The fourth-order valence-corrected chi connectivity index (χ4v) is 7.69. The molecule has 10 nitrogen and oxygen atoms in total. The zero-order valence-corrected chi connectivity index (χ0v) is 25.4. The van der Waals surface area contributed by atoms with Crippen molar-refractivity contribution in [3.63, 3.8) is 0 Å². The Labute approximate surface area is 258 Å². The molecule has 2 aromatic carbocycles. The van der Waals surface area contributed by atoms with Crippen LogP contribution in [0.2, 0.25) is 0 Å². The maximum absolute atomic E-state index is 13.7. The third kappa shape index (κ3) is 4.57. The summed E-state index contributed by atoms with van der Waals surface area (Å²) in [6, 6.07) is 12.0. The van der Waals surface area contributed by atoms with Gasteiger partial charge in [-0.2, -0.15) is 0 Å². The Kier molecular flexibility index (Phi) is 6.68. The number of hydrogen-bond acceptors (Lipinski definition) is 6. The van der Waals surface area contributed by atoms with Gasteiger partial charge in [0.1, 0.15) is 11.3 Å². The molecule has 3 N–H and O–H groups in total. The van der Waals surface area contributed by atoms with Crippen LogP contribution in [0.25, 0.3) is 33.5 Å². The molecule has 4 atom stereocenters. The van der Waals surface area contributed by atoms with Crippen LogP contribution in [0, 0.1) is 17.8 Å². The van der Waals surface area contributed by atoms with Gasteiger partial charge >= 0.3 is 0 Å². The molecule has 2 aliphatic carbocycles. The van der Waals surface area contributed by atoms with Gasteiger partial charge in [0.15, 0.2) is 5.82 Å². The zero-order chi connectivity index (χ0) is 30.1. The number of nitrogens with zero attached hydrogens (tertiary/aromatic N) is 4. The van der Waals surface area contributed by atoms with Crippen molar-refractivity contribution in [3.05, 3.63) is 47.5 Å². The summed E-state index contributed by atoms with van der Waals surface area (Å²) in [4.78, 5) is 33.9. The Bertz CT molecular complexity index is 1790. The van der Waals surface area contributed by atoms with E-state index in [4.69, 9.17) is 20.2 Å². The van der Waals surface area contributed by atoms with Crippen molar-refractivity contribution in [2.24, 2.45) is 30.5 Å². The van der Waals surface area contributed by atoms with Crippen LogP contribution in [0.3, 0.4) is 0 Å². The molecule has 44 heavy (non-hydrogen) atoms. The molecule has 2 saturated heterocycles. The zero-order valence-electron chi connectivity index (χ0n) is 25.4. The first-order chi connectivity index (χ1) is 21.4. The number of aryl methyl sites for hydroxylation is 1. The third-order valence-corrected chi connectivity index (χ3v) is 10.4. The average molecular weight is 599 g/mol. The Morgan fingerprint density at radius 3 is 2.66 bits per heavy atom. The van der Waals surface area contributed by atoms with Crippen LogP contribution in [0.1, 0.15) is 54.2 Å². The number of rotatable bonds is 8. The lowest BCUT2D eigenvalue weighted by atomic mass is 10.1. The van der Waals surface area contributed by atoms with E-state index >= 15 is 0 Å². The summed E-state index contributed by atoms with van der Waals surface area (Å²) in [5, 5.41) is 4.17. The van der Waals surface area contributed by atoms with E-state index in [-0.39, 0.29) is 25.3 Å². The number of hydrogen-bond donors (Lipinski definition) is 2. The number of carbonyl (C=O) groups is 2. The molecule has 232 valence electrons. The monoisotopic (exact) mass is 598 g/mol. The molecule has 4 aromatic rings. The van der Waals surface area contributed by atoms with E-state index in [9.17, 15) is 9.59 Å². The number of fused-ring (bicyclic) bond motifs is 4. The molecular formula is C34H42N6O4. The fraction of sp³-hybridized carbons (Fsp3) is 0.500. The van der Waals surface area contributed by atoms with Crippen molar-refractivity contribution < 1.29 is 20.5 Å². The minimum atomic E-state index is -0.0589. The molecule has 0 spiro atoms. The summed E-state index contributed by atoms with van der Waals surface area (Å²) in [5.41, 5.74) is 11.2. The number of aromatic nitrogens is 3. The number of nitrogens with one attached hydrogen (secondary N) is 1. The number of ether oxygens (including phenoxy) is 2. The fourth-order valence-electron chi connectivity index (χ4n) is 7.69. The van der Waals surface area contributed by atoms with Gasteiger partial charge in [-0.1, -0.05) is 6.07 Å². The van der Waals surface area contributed by atoms with Crippen LogP contribution in [0.4, 0.5) is 0 Å². The topological polar surface area (TPSA) is 117 Å². The van der Waals surface area contributed by atoms with E-state index in [0.29, 0.717) is 47.8 Å². The molecular weight excluding hydrogens is 556 g/mol. The highest BCUT2D eigenvalue weighted by atomic mass is 16.5. The highest BCUT2D eigenvalue weighted by Gasteiger charge is 2.47. The van der Waals surface area contributed by atoms with Crippen LogP contribution in [0.15, 0.2) is 36.4 Å². The highest BCUT2D eigenvalue weighted by molar-refractivity contribution is 6.01. The van der Waals surface area contributed by atoms with Gasteiger partial charge in [-0.25, -0.2) is 4.98 Å². The normalized spacial score (nSPS) is 24.6. The Morgan fingerprint density at radius 1 is 1.09 bits per heavy atom.